The van der Waals surface area contributed by atoms with Gasteiger partial charge in [-0.05, 0) is 32.4 Å². The maximum atomic E-state index is 13.4. The van der Waals surface area contributed by atoms with Gasteiger partial charge < -0.3 is 14.0 Å². The van der Waals surface area contributed by atoms with Gasteiger partial charge in [0.25, 0.3) is 5.91 Å². The topological polar surface area (TPSA) is 67.4 Å². The maximum Gasteiger partial charge on any atom is 0.255 e. The van der Waals surface area contributed by atoms with Crippen LogP contribution in [0.25, 0.3) is 11.4 Å². The number of aromatic nitrogens is 3. The van der Waals surface area contributed by atoms with Crippen LogP contribution in [0.2, 0.25) is 0 Å². The predicted octanol–water partition coefficient (Wildman–Crippen LogP) is 4.72. The van der Waals surface area contributed by atoms with E-state index in [1.807, 2.05) is 66.4 Å². The molecule has 35 heavy (non-hydrogen) atoms. The quantitative estimate of drug-likeness (QED) is 0.409. The molecule has 1 unspecified atom stereocenters. The molecule has 2 aromatic carbocycles. The van der Waals surface area contributed by atoms with E-state index in [1.165, 1.54) is 5.56 Å². The number of hydrogen-bond acceptors (Lipinski definition) is 5. The van der Waals surface area contributed by atoms with Gasteiger partial charge in [-0.1, -0.05) is 65.8 Å². The SMILES string of the molecule is Cc1cc(C(=O)N2CCN(C(C)c3nc(-c4ccccc4)no3)CC2)c(C)n1Cc1ccccc1. The summed E-state index contributed by atoms with van der Waals surface area (Å²) >= 11 is 0. The predicted molar refractivity (Wildman–Crippen MR) is 135 cm³/mol. The lowest BCUT2D eigenvalue weighted by atomic mass is 10.1. The first kappa shape index (κ1) is 23.1. The molecule has 7 nitrogen and oxygen atoms in total. The molecule has 0 saturated carbocycles. The van der Waals surface area contributed by atoms with Crippen LogP contribution in [0.1, 0.15) is 46.2 Å². The maximum absolute atomic E-state index is 13.4. The van der Waals surface area contributed by atoms with Crippen LogP contribution in [0.5, 0.6) is 0 Å². The molecule has 7 heteroatoms. The highest BCUT2D eigenvalue weighted by molar-refractivity contribution is 5.95. The van der Waals surface area contributed by atoms with Crippen molar-refractivity contribution in [2.45, 2.75) is 33.4 Å². The minimum absolute atomic E-state index is 0.00634. The Morgan fingerprint density at radius 3 is 2.31 bits per heavy atom. The fourth-order valence-corrected chi connectivity index (χ4v) is 4.78. The largest absolute Gasteiger partial charge is 0.344 e. The van der Waals surface area contributed by atoms with Crippen LogP contribution < -0.4 is 0 Å². The first-order valence-electron chi connectivity index (χ1n) is 12.1. The van der Waals surface area contributed by atoms with Crippen molar-refractivity contribution in [3.63, 3.8) is 0 Å². The number of nitrogens with zero attached hydrogens (tertiary/aromatic N) is 5. The van der Waals surface area contributed by atoms with E-state index < -0.39 is 0 Å². The van der Waals surface area contributed by atoms with Crippen LogP contribution in [0, 0.1) is 13.8 Å². The normalized spacial score (nSPS) is 15.3. The molecule has 1 saturated heterocycles. The van der Waals surface area contributed by atoms with Gasteiger partial charge in [0.05, 0.1) is 11.6 Å². The number of carbonyl (C=O) groups excluding carboxylic acids is 1. The fraction of sp³-hybridized carbons (Fsp3) is 0.321. The van der Waals surface area contributed by atoms with E-state index in [0.717, 1.165) is 42.1 Å². The van der Waals surface area contributed by atoms with Gasteiger partial charge in [0.15, 0.2) is 0 Å². The lowest BCUT2D eigenvalue weighted by Crippen LogP contribution is -2.49. The van der Waals surface area contributed by atoms with Gasteiger partial charge >= 0.3 is 0 Å². The zero-order valence-corrected chi connectivity index (χ0v) is 20.5. The van der Waals surface area contributed by atoms with Gasteiger partial charge in [-0.3, -0.25) is 9.69 Å². The van der Waals surface area contributed by atoms with Crippen LogP contribution >= 0.6 is 0 Å². The van der Waals surface area contributed by atoms with Crippen molar-refractivity contribution in [3.05, 3.63) is 95.1 Å². The second-order valence-electron chi connectivity index (χ2n) is 9.18. The Kier molecular flexibility index (Phi) is 6.51. The molecule has 1 fully saturated rings. The molecule has 1 aliphatic rings. The number of aryl methyl sites for hydroxylation is 1. The minimum Gasteiger partial charge on any atom is -0.344 e. The Hall–Kier alpha value is -3.71. The Morgan fingerprint density at radius 2 is 1.63 bits per heavy atom. The number of rotatable bonds is 6. The standard InChI is InChI=1S/C28H31N5O2/c1-20-18-25(21(2)33(20)19-23-10-6-4-7-11-23)28(34)32-16-14-31(15-17-32)22(3)27-29-26(30-35-27)24-12-8-5-9-13-24/h4-13,18,22H,14-17,19H2,1-3H3. The molecular formula is C28H31N5O2. The van der Waals surface area contributed by atoms with Gasteiger partial charge in [-0.15, -0.1) is 0 Å². The molecule has 0 radical (unpaired) electrons. The summed E-state index contributed by atoms with van der Waals surface area (Å²) in [5, 5.41) is 4.16. The average molecular weight is 470 g/mol. The van der Waals surface area contributed by atoms with E-state index in [-0.39, 0.29) is 11.9 Å². The zero-order chi connectivity index (χ0) is 24.4. The molecular weight excluding hydrogens is 438 g/mol. The summed E-state index contributed by atoms with van der Waals surface area (Å²) in [4.78, 5) is 22.3. The van der Waals surface area contributed by atoms with Crippen LogP contribution in [0.4, 0.5) is 0 Å². The monoisotopic (exact) mass is 469 g/mol. The molecule has 3 heterocycles. The van der Waals surface area contributed by atoms with E-state index in [9.17, 15) is 4.79 Å². The highest BCUT2D eigenvalue weighted by Gasteiger charge is 2.29. The number of carbonyl (C=O) groups is 1. The van der Waals surface area contributed by atoms with Crippen LogP contribution in [-0.4, -0.2) is 56.6 Å². The van der Waals surface area contributed by atoms with Crippen molar-refractivity contribution in [1.82, 2.24) is 24.5 Å². The summed E-state index contributed by atoms with van der Waals surface area (Å²) in [6.07, 6.45) is 0. The number of hydrogen-bond donors (Lipinski definition) is 0. The van der Waals surface area contributed by atoms with E-state index in [1.54, 1.807) is 0 Å². The third kappa shape index (κ3) is 4.77. The smallest absolute Gasteiger partial charge is 0.255 e. The average Bonchev–Trinajstić information content (AvgIpc) is 3.50. The van der Waals surface area contributed by atoms with Crippen molar-refractivity contribution < 1.29 is 9.32 Å². The van der Waals surface area contributed by atoms with Crippen LogP contribution in [0.3, 0.4) is 0 Å². The summed E-state index contributed by atoms with van der Waals surface area (Å²) in [6.45, 7) is 9.83. The van der Waals surface area contributed by atoms with Crippen molar-refractivity contribution >= 4 is 5.91 Å². The van der Waals surface area contributed by atoms with Crippen molar-refractivity contribution in [3.8, 4) is 11.4 Å². The van der Waals surface area contributed by atoms with Gasteiger partial charge in [0.2, 0.25) is 11.7 Å². The van der Waals surface area contributed by atoms with Crippen LogP contribution in [0.15, 0.2) is 71.3 Å². The van der Waals surface area contributed by atoms with E-state index in [2.05, 4.69) is 45.6 Å². The highest BCUT2D eigenvalue weighted by Crippen LogP contribution is 2.25. The summed E-state index contributed by atoms with van der Waals surface area (Å²) < 4.78 is 7.80. The van der Waals surface area contributed by atoms with Crippen molar-refractivity contribution in [1.29, 1.82) is 0 Å². The Morgan fingerprint density at radius 1 is 0.971 bits per heavy atom. The molecule has 0 spiro atoms. The van der Waals surface area contributed by atoms with Gasteiger partial charge in [-0.2, -0.15) is 4.98 Å². The van der Waals surface area contributed by atoms with Crippen molar-refractivity contribution in [2.24, 2.45) is 0 Å². The lowest BCUT2D eigenvalue weighted by molar-refractivity contribution is 0.0551. The second kappa shape index (κ2) is 9.88. The number of amides is 1. The molecule has 0 bridgehead atoms. The first-order chi connectivity index (χ1) is 17.0. The molecule has 180 valence electrons. The fourth-order valence-electron chi connectivity index (χ4n) is 4.78. The number of piperazine rings is 1. The number of benzene rings is 2. The zero-order valence-electron chi connectivity index (χ0n) is 20.5. The first-order valence-corrected chi connectivity index (χ1v) is 12.1. The van der Waals surface area contributed by atoms with E-state index in [4.69, 9.17) is 4.52 Å². The molecule has 1 atom stereocenters. The minimum atomic E-state index is -0.00634. The lowest BCUT2D eigenvalue weighted by Gasteiger charge is -2.36. The van der Waals surface area contributed by atoms with E-state index in [0.29, 0.717) is 24.8 Å². The summed E-state index contributed by atoms with van der Waals surface area (Å²) in [5.41, 5.74) is 5.09. The van der Waals surface area contributed by atoms with Gasteiger partial charge in [-0.25, -0.2) is 0 Å². The molecule has 1 amide bonds. The summed E-state index contributed by atoms with van der Waals surface area (Å²) in [5.74, 6) is 1.31. The van der Waals surface area contributed by atoms with Gasteiger partial charge in [0, 0.05) is 49.7 Å². The Labute approximate surface area is 206 Å². The molecule has 4 aromatic rings. The Bertz CT molecular complexity index is 1290. The van der Waals surface area contributed by atoms with Crippen LogP contribution in [-0.2, 0) is 6.54 Å². The second-order valence-corrected chi connectivity index (χ2v) is 9.18. The van der Waals surface area contributed by atoms with Crippen molar-refractivity contribution in [2.75, 3.05) is 26.2 Å². The van der Waals surface area contributed by atoms with E-state index >= 15 is 0 Å². The molecule has 1 aliphatic heterocycles. The summed E-state index contributed by atoms with van der Waals surface area (Å²) in [7, 11) is 0. The molecule has 5 rings (SSSR count). The molecule has 2 aromatic heterocycles. The molecule has 0 N–H and O–H groups in total. The third-order valence-electron chi connectivity index (χ3n) is 6.97. The Balaban J connectivity index is 1.22. The third-order valence-corrected chi connectivity index (χ3v) is 6.97. The summed E-state index contributed by atoms with van der Waals surface area (Å²) in [6, 6.07) is 22.2. The highest BCUT2D eigenvalue weighted by atomic mass is 16.5. The van der Waals surface area contributed by atoms with Gasteiger partial charge in [0.1, 0.15) is 0 Å². The molecule has 0 aliphatic carbocycles.